The summed E-state index contributed by atoms with van der Waals surface area (Å²) < 4.78 is 6.55. The number of aromatic nitrogens is 1. The van der Waals surface area contributed by atoms with Crippen molar-refractivity contribution in [2.75, 3.05) is 13.2 Å². The average Bonchev–Trinajstić information content (AvgIpc) is 2.97. The number of carbonyl (C=O) groups excluding carboxylic acids is 2. The number of hydrogen-bond donors (Lipinski definition) is 1. The normalized spacial score (nSPS) is 12.1. The maximum Gasteiger partial charge on any atom is 0.319 e. The molecule has 0 saturated carbocycles. The molecule has 1 aromatic heterocycles. The molecule has 0 unspecified atom stereocenters. The van der Waals surface area contributed by atoms with Gasteiger partial charge in [-0.25, -0.2) is 0 Å². The van der Waals surface area contributed by atoms with Crippen LogP contribution in [-0.4, -0.2) is 29.5 Å². The lowest BCUT2D eigenvalue weighted by atomic mass is 10.0. The maximum atomic E-state index is 13.0. The van der Waals surface area contributed by atoms with E-state index in [1.807, 2.05) is 18.2 Å². The van der Waals surface area contributed by atoms with Gasteiger partial charge >= 0.3 is 5.97 Å². The van der Waals surface area contributed by atoms with E-state index in [0.717, 1.165) is 5.56 Å². The van der Waals surface area contributed by atoms with Crippen LogP contribution in [0, 0.1) is 0 Å². The number of fused-ring (bicyclic) bond motifs is 5. The third-order valence-corrected chi connectivity index (χ3v) is 4.58. The van der Waals surface area contributed by atoms with Crippen molar-refractivity contribution in [3.8, 4) is 11.3 Å². The van der Waals surface area contributed by atoms with E-state index in [1.54, 1.807) is 30.3 Å². The van der Waals surface area contributed by atoms with Gasteiger partial charge in [0.05, 0.1) is 24.3 Å². The van der Waals surface area contributed by atoms with Gasteiger partial charge in [-0.3, -0.25) is 14.4 Å². The Balaban J connectivity index is 1.95. The van der Waals surface area contributed by atoms with Crippen LogP contribution in [-0.2, 0) is 16.1 Å². The second-order valence-corrected chi connectivity index (χ2v) is 6.03. The van der Waals surface area contributed by atoms with Crippen LogP contribution in [0.3, 0.4) is 0 Å². The molecular formula is C20H16N2O4. The first kappa shape index (κ1) is 16.2. The zero-order valence-electron chi connectivity index (χ0n) is 13.9. The number of ether oxygens (including phenoxy) is 1. The van der Waals surface area contributed by atoms with Crippen LogP contribution < -0.4 is 11.3 Å². The Morgan fingerprint density at radius 3 is 2.35 bits per heavy atom. The summed E-state index contributed by atoms with van der Waals surface area (Å²) in [5.41, 5.74) is 7.42. The first-order chi connectivity index (χ1) is 12.6. The Labute approximate surface area is 148 Å². The minimum Gasteiger partial charge on any atom is -0.463 e. The molecule has 0 bridgehead atoms. The lowest BCUT2D eigenvalue weighted by Gasteiger charge is -2.15. The van der Waals surface area contributed by atoms with Crippen LogP contribution in [0.5, 0.6) is 0 Å². The van der Waals surface area contributed by atoms with Crippen molar-refractivity contribution in [3.05, 3.63) is 70.0 Å². The van der Waals surface area contributed by atoms with E-state index >= 15 is 0 Å². The number of benzene rings is 2. The average molecular weight is 348 g/mol. The highest BCUT2D eigenvalue weighted by Gasteiger charge is 2.32. The van der Waals surface area contributed by atoms with Crippen LogP contribution in [0.4, 0.5) is 0 Å². The zero-order valence-corrected chi connectivity index (χ0v) is 13.9. The minimum absolute atomic E-state index is 0.0110. The van der Waals surface area contributed by atoms with E-state index in [0.29, 0.717) is 27.6 Å². The number of carbonyl (C=O) groups is 2. The van der Waals surface area contributed by atoms with E-state index in [4.69, 9.17) is 10.5 Å². The van der Waals surface area contributed by atoms with Crippen molar-refractivity contribution in [2.45, 2.75) is 6.54 Å². The molecule has 0 radical (unpaired) electrons. The molecule has 0 aliphatic heterocycles. The molecule has 0 atom stereocenters. The summed E-state index contributed by atoms with van der Waals surface area (Å²) in [6.07, 6.45) is 0. The largest absolute Gasteiger partial charge is 0.463 e. The first-order valence-electron chi connectivity index (χ1n) is 8.29. The maximum absolute atomic E-state index is 13.0. The highest BCUT2D eigenvalue weighted by Crippen LogP contribution is 2.38. The topological polar surface area (TPSA) is 91.4 Å². The van der Waals surface area contributed by atoms with E-state index in [1.165, 1.54) is 4.57 Å². The number of pyridine rings is 1. The Bertz CT molecular complexity index is 1110. The number of esters is 1. The Kier molecular flexibility index (Phi) is 3.89. The van der Waals surface area contributed by atoms with Crippen LogP contribution in [0.25, 0.3) is 22.0 Å². The fourth-order valence-corrected chi connectivity index (χ4v) is 3.45. The molecule has 4 rings (SSSR count). The second kappa shape index (κ2) is 6.24. The summed E-state index contributed by atoms with van der Waals surface area (Å²) in [6.45, 7) is -0.0531. The molecule has 0 spiro atoms. The fraction of sp³-hybridized carbons (Fsp3) is 0.150. The Hall–Kier alpha value is -3.25. The number of ketones is 1. The molecule has 2 N–H and O–H groups in total. The molecule has 6 nitrogen and oxygen atoms in total. The molecule has 1 aliphatic rings. The van der Waals surface area contributed by atoms with Gasteiger partial charge in [-0.05, 0) is 6.07 Å². The summed E-state index contributed by atoms with van der Waals surface area (Å²) in [5.74, 6) is -0.633. The van der Waals surface area contributed by atoms with Gasteiger partial charge in [-0.1, -0.05) is 42.5 Å². The molecule has 26 heavy (non-hydrogen) atoms. The second-order valence-electron chi connectivity index (χ2n) is 6.03. The van der Waals surface area contributed by atoms with Gasteiger partial charge in [0.1, 0.15) is 6.61 Å². The van der Waals surface area contributed by atoms with E-state index < -0.39 is 5.97 Å². The van der Waals surface area contributed by atoms with Crippen LogP contribution in [0.1, 0.15) is 15.9 Å². The molecule has 6 heteroatoms. The molecule has 3 aromatic rings. The van der Waals surface area contributed by atoms with Crippen molar-refractivity contribution in [1.29, 1.82) is 0 Å². The molecule has 0 amide bonds. The van der Waals surface area contributed by atoms with E-state index in [9.17, 15) is 14.4 Å². The van der Waals surface area contributed by atoms with Crippen molar-refractivity contribution in [1.82, 2.24) is 4.57 Å². The van der Waals surface area contributed by atoms with Gasteiger partial charge < -0.3 is 15.0 Å². The molecule has 2 aromatic carbocycles. The molecule has 0 saturated heterocycles. The number of rotatable bonds is 4. The van der Waals surface area contributed by atoms with Crippen molar-refractivity contribution in [3.63, 3.8) is 0 Å². The summed E-state index contributed by atoms with van der Waals surface area (Å²) in [5, 5.41) is 1.11. The quantitative estimate of drug-likeness (QED) is 0.567. The Morgan fingerprint density at radius 2 is 1.62 bits per heavy atom. The lowest BCUT2D eigenvalue weighted by molar-refractivity contribution is -0.142. The van der Waals surface area contributed by atoms with Crippen molar-refractivity contribution in [2.24, 2.45) is 5.73 Å². The predicted molar refractivity (Wildman–Crippen MR) is 97.1 cm³/mol. The Morgan fingerprint density at radius 1 is 0.962 bits per heavy atom. The van der Waals surface area contributed by atoms with Crippen molar-refractivity contribution < 1.29 is 14.3 Å². The molecular weight excluding hydrogens is 332 g/mol. The van der Waals surface area contributed by atoms with Gasteiger partial charge in [-0.15, -0.1) is 0 Å². The highest BCUT2D eigenvalue weighted by molar-refractivity contribution is 6.26. The monoisotopic (exact) mass is 348 g/mol. The third-order valence-electron chi connectivity index (χ3n) is 4.58. The van der Waals surface area contributed by atoms with Gasteiger partial charge in [0, 0.05) is 21.9 Å². The van der Waals surface area contributed by atoms with Gasteiger partial charge in [0.2, 0.25) is 0 Å². The first-order valence-corrected chi connectivity index (χ1v) is 8.29. The summed E-state index contributed by atoms with van der Waals surface area (Å²) in [7, 11) is 0. The van der Waals surface area contributed by atoms with Crippen LogP contribution in [0.15, 0.2) is 53.3 Å². The highest BCUT2D eigenvalue weighted by atomic mass is 16.5. The van der Waals surface area contributed by atoms with Gasteiger partial charge in [-0.2, -0.15) is 0 Å². The molecule has 0 fully saturated rings. The fourth-order valence-electron chi connectivity index (χ4n) is 3.45. The molecule has 1 aliphatic carbocycles. The summed E-state index contributed by atoms with van der Waals surface area (Å²) >= 11 is 0. The van der Waals surface area contributed by atoms with Crippen LogP contribution in [0.2, 0.25) is 0 Å². The standard InChI is InChI=1S/C20H16N2O4/c21-11-16(23)26-10-9-22-18-13-6-2-3-7-14(13)19(24)17(18)12-5-1-4-8-15(12)20(22)25/h1-8H,9-11,21H2. The number of nitrogens with two attached hydrogens (primary N) is 1. The number of hydrogen-bond acceptors (Lipinski definition) is 5. The summed E-state index contributed by atoms with van der Waals surface area (Å²) in [4.78, 5) is 37.3. The van der Waals surface area contributed by atoms with Crippen LogP contribution >= 0.6 is 0 Å². The predicted octanol–water partition coefficient (Wildman–Crippen LogP) is 1.71. The summed E-state index contributed by atoms with van der Waals surface area (Å²) in [6, 6.07) is 14.3. The van der Waals surface area contributed by atoms with Gasteiger partial charge in [0.15, 0.2) is 5.78 Å². The third kappa shape index (κ3) is 2.34. The lowest BCUT2D eigenvalue weighted by Crippen LogP contribution is -2.27. The molecule has 1 heterocycles. The smallest absolute Gasteiger partial charge is 0.319 e. The van der Waals surface area contributed by atoms with E-state index in [2.05, 4.69) is 0 Å². The number of nitrogens with zero attached hydrogens (tertiary/aromatic N) is 1. The molecule has 130 valence electrons. The zero-order chi connectivity index (χ0) is 18.3. The minimum atomic E-state index is -0.535. The SMILES string of the molecule is NCC(=O)OCCn1c2c(c3ccccc3c1=O)C(=O)c1ccccc1-2. The van der Waals surface area contributed by atoms with Gasteiger partial charge in [0.25, 0.3) is 5.56 Å². The van der Waals surface area contributed by atoms with Crippen molar-refractivity contribution >= 4 is 22.5 Å². The van der Waals surface area contributed by atoms with E-state index in [-0.39, 0.29) is 31.0 Å².